The molecule has 27 heavy (non-hydrogen) atoms. The summed E-state index contributed by atoms with van der Waals surface area (Å²) >= 11 is 2.70. The van der Waals surface area contributed by atoms with Crippen LogP contribution in [-0.2, 0) is 28.2 Å². The van der Waals surface area contributed by atoms with E-state index in [0.29, 0.717) is 16.3 Å². The van der Waals surface area contributed by atoms with E-state index in [1.54, 1.807) is 12.1 Å². The van der Waals surface area contributed by atoms with Crippen LogP contribution in [0.5, 0.6) is 0 Å². The van der Waals surface area contributed by atoms with Gasteiger partial charge in [0.05, 0.1) is 16.3 Å². The summed E-state index contributed by atoms with van der Waals surface area (Å²) in [5, 5.41) is 14.9. The first kappa shape index (κ1) is 18.4. The first-order valence-electron chi connectivity index (χ1n) is 9.12. The van der Waals surface area contributed by atoms with Gasteiger partial charge in [0.15, 0.2) is 0 Å². The van der Waals surface area contributed by atoms with Crippen molar-refractivity contribution in [2.75, 3.05) is 6.61 Å². The number of ether oxygens (including phenoxy) is 1. The molecule has 1 aliphatic rings. The van der Waals surface area contributed by atoms with Gasteiger partial charge in [0, 0.05) is 6.92 Å². The van der Waals surface area contributed by atoms with E-state index in [2.05, 4.69) is 22.3 Å². The van der Waals surface area contributed by atoms with Crippen molar-refractivity contribution in [3.05, 3.63) is 63.0 Å². The van der Waals surface area contributed by atoms with Gasteiger partial charge in [-0.1, -0.05) is 12.1 Å². The summed E-state index contributed by atoms with van der Waals surface area (Å²) in [5.74, 6) is 1.35. The topological polar surface area (TPSA) is 55.3 Å². The summed E-state index contributed by atoms with van der Waals surface area (Å²) in [5.41, 5.74) is -1.74. The number of hydrogen-bond donors (Lipinski definition) is 1. The number of aromatic nitrogens is 2. The molecule has 5 nitrogen and oxygen atoms in total. The Morgan fingerprint density at radius 2 is 1.96 bits per heavy atom. The molecular weight excluding hydrogens is 380 g/mol. The maximum Gasteiger partial charge on any atom is 0.349 e. The Hall–Kier alpha value is -1.96. The van der Waals surface area contributed by atoms with Crippen LogP contribution in [-0.4, -0.2) is 22.2 Å². The van der Waals surface area contributed by atoms with Crippen molar-refractivity contribution in [1.82, 2.24) is 4.57 Å². The van der Waals surface area contributed by atoms with Gasteiger partial charge < -0.3 is 9.84 Å². The molecule has 0 radical (unpaired) electrons. The van der Waals surface area contributed by atoms with Gasteiger partial charge in [-0.2, -0.15) is 0 Å². The lowest BCUT2D eigenvalue weighted by Gasteiger charge is -2.23. The molecule has 0 atom stereocenters. The maximum absolute atomic E-state index is 12.8. The molecule has 142 valence electrons. The Morgan fingerprint density at radius 3 is 2.52 bits per heavy atom. The number of aliphatic hydroxyl groups is 1. The summed E-state index contributed by atoms with van der Waals surface area (Å²) in [6, 6.07) is 7.19. The number of rotatable bonds is 8. The van der Waals surface area contributed by atoms with Crippen molar-refractivity contribution in [3.8, 4) is 0 Å². The highest BCUT2D eigenvalue weighted by Crippen LogP contribution is 2.36. The molecular formula is C20H23N2O3S2+. The minimum Gasteiger partial charge on any atom is -0.459 e. The molecule has 0 saturated heterocycles. The largest absolute Gasteiger partial charge is 0.459 e. The van der Waals surface area contributed by atoms with Gasteiger partial charge in [-0.3, -0.25) is 0 Å². The zero-order chi connectivity index (χ0) is 18.9. The van der Waals surface area contributed by atoms with Crippen LogP contribution in [0.1, 0.15) is 28.4 Å². The first-order chi connectivity index (χ1) is 13.1. The van der Waals surface area contributed by atoms with Crippen LogP contribution in [0.25, 0.3) is 0 Å². The molecule has 0 aliphatic heterocycles. The van der Waals surface area contributed by atoms with E-state index in [4.69, 9.17) is 4.74 Å². The third-order valence-corrected chi connectivity index (χ3v) is 6.98. The van der Waals surface area contributed by atoms with Crippen LogP contribution in [0, 0.1) is 12.8 Å². The fraction of sp³-hybridized carbons (Fsp3) is 0.400. The van der Waals surface area contributed by atoms with E-state index in [1.165, 1.54) is 35.5 Å². The molecule has 0 bridgehead atoms. The predicted octanol–water partition coefficient (Wildman–Crippen LogP) is 3.10. The van der Waals surface area contributed by atoms with Crippen LogP contribution in [0.3, 0.4) is 0 Å². The molecule has 1 N–H and O–H groups in total. The Balaban J connectivity index is 1.42. The first-order valence-corrected chi connectivity index (χ1v) is 10.9. The van der Waals surface area contributed by atoms with Gasteiger partial charge >= 0.3 is 5.97 Å². The minimum absolute atomic E-state index is 0.219. The summed E-state index contributed by atoms with van der Waals surface area (Å²) in [6.45, 7) is 3.93. The van der Waals surface area contributed by atoms with Gasteiger partial charge in [0.1, 0.15) is 25.5 Å². The zero-order valence-electron chi connectivity index (χ0n) is 15.2. The Bertz CT molecular complexity index is 862. The van der Waals surface area contributed by atoms with Crippen molar-refractivity contribution in [2.24, 2.45) is 5.92 Å². The second-order valence-electron chi connectivity index (χ2n) is 6.94. The summed E-state index contributed by atoms with van der Waals surface area (Å²) in [7, 11) is 0. The Kier molecular flexibility index (Phi) is 5.16. The molecule has 0 aromatic carbocycles. The Morgan fingerprint density at radius 1 is 1.30 bits per heavy atom. The lowest BCUT2D eigenvalue weighted by Crippen LogP contribution is -2.38. The van der Waals surface area contributed by atoms with E-state index < -0.39 is 11.6 Å². The zero-order valence-corrected chi connectivity index (χ0v) is 16.8. The summed E-state index contributed by atoms with van der Waals surface area (Å²) in [6.07, 6.45) is 6.75. The molecule has 1 saturated carbocycles. The average Bonchev–Trinajstić information content (AvgIpc) is 3.11. The quantitative estimate of drug-likeness (QED) is 0.464. The second kappa shape index (κ2) is 7.58. The second-order valence-corrected chi connectivity index (χ2v) is 8.83. The third-order valence-electron chi connectivity index (χ3n) is 5.03. The molecule has 0 spiro atoms. The van der Waals surface area contributed by atoms with Crippen LogP contribution in [0.2, 0.25) is 0 Å². The van der Waals surface area contributed by atoms with E-state index in [-0.39, 0.29) is 6.61 Å². The summed E-state index contributed by atoms with van der Waals surface area (Å²) < 4.78 is 9.86. The highest BCUT2D eigenvalue weighted by molar-refractivity contribution is 7.12. The highest BCUT2D eigenvalue weighted by Gasteiger charge is 2.43. The molecule has 3 aromatic rings. The number of thiophene rings is 2. The lowest BCUT2D eigenvalue weighted by molar-refractivity contribution is -0.705. The number of carbonyl (C=O) groups excluding carboxylic acids is 1. The highest BCUT2D eigenvalue weighted by atomic mass is 32.1. The van der Waals surface area contributed by atoms with Crippen LogP contribution in [0.4, 0.5) is 0 Å². The standard InChI is InChI=1S/C20H23N2O3S2/c1-15-21(8-9-22(15)14-16-6-7-16)10-11-25-19(23)20(24,17-4-2-12-26-17)18-5-3-13-27-18/h2-5,8-9,12-13,16,24H,6-7,10-11,14H2,1H3/q+1. The van der Waals surface area contributed by atoms with Gasteiger partial charge in [-0.15, -0.1) is 22.7 Å². The van der Waals surface area contributed by atoms with E-state index in [9.17, 15) is 9.90 Å². The number of carbonyl (C=O) groups is 1. The third kappa shape index (κ3) is 3.72. The minimum atomic E-state index is -1.74. The van der Waals surface area contributed by atoms with E-state index in [1.807, 2.05) is 29.1 Å². The number of hydrogen-bond acceptors (Lipinski definition) is 5. The van der Waals surface area contributed by atoms with Crippen molar-refractivity contribution < 1.29 is 19.2 Å². The van der Waals surface area contributed by atoms with Crippen LogP contribution >= 0.6 is 22.7 Å². The predicted molar refractivity (Wildman–Crippen MR) is 105 cm³/mol. The van der Waals surface area contributed by atoms with E-state index >= 15 is 0 Å². The molecule has 4 rings (SSSR count). The molecule has 7 heteroatoms. The SMILES string of the molecule is Cc1n(CCOC(=O)C(O)(c2cccs2)c2cccs2)cc[n+]1CC1CC1. The number of esters is 1. The lowest BCUT2D eigenvalue weighted by atomic mass is 10.0. The van der Waals surface area contributed by atoms with Gasteiger partial charge in [-0.25, -0.2) is 13.9 Å². The molecule has 1 aliphatic carbocycles. The fourth-order valence-corrected chi connectivity index (χ4v) is 4.90. The summed E-state index contributed by atoms with van der Waals surface area (Å²) in [4.78, 5) is 14.0. The smallest absolute Gasteiger partial charge is 0.349 e. The fourth-order valence-electron chi connectivity index (χ4n) is 3.18. The van der Waals surface area contributed by atoms with Gasteiger partial charge in [0.2, 0.25) is 5.60 Å². The number of nitrogens with zero attached hydrogens (tertiary/aromatic N) is 2. The monoisotopic (exact) mass is 403 g/mol. The normalized spacial score (nSPS) is 14.4. The van der Waals surface area contributed by atoms with E-state index in [0.717, 1.165) is 18.3 Å². The molecule has 3 heterocycles. The van der Waals surface area contributed by atoms with Gasteiger partial charge in [0.25, 0.3) is 5.82 Å². The van der Waals surface area contributed by atoms with Crippen LogP contribution in [0.15, 0.2) is 47.4 Å². The average molecular weight is 404 g/mol. The molecule has 1 fully saturated rings. The molecule has 0 amide bonds. The number of imidazole rings is 1. The van der Waals surface area contributed by atoms with Crippen LogP contribution < -0.4 is 4.57 Å². The molecule has 0 unspecified atom stereocenters. The van der Waals surface area contributed by atoms with Crippen molar-refractivity contribution in [3.63, 3.8) is 0 Å². The maximum atomic E-state index is 12.8. The van der Waals surface area contributed by atoms with Gasteiger partial charge in [-0.05, 0) is 41.7 Å². The molecule has 3 aromatic heterocycles. The van der Waals surface area contributed by atoms with Crippen molar-refractivity contribution in [2.45, 2.75) is 38.5 Å². The van der Waals surface area contributed by atoms with Crippen molar-refractivity contribution >= 4 is 28.6 Å². The van der Waals surface area contributed by atoms with Crippen molar-refractivity contribution in [1.29, 1.82) is 0 Å². The Labute approximate surface area is 166 Å².